The Hall–Kier alpha value is -1.42. The van der Waals surface area contributed by atoms with Crippen LogP contribution in [0.25, 0.3) is 10.9 Å². The topological polar surface area (TPSA) is 30.2 Å². The van der Waals surface area contributed by atoms with Gasteiger partial charge in [-0.25, -0.2) is 4.79 Å². The molecule has 0 aliphatic heterocycles. The van der Waals surface area contributed by atoms with Crippen molar-refractivity contribution >= 4 is 16.9 Å². The Kier molecular flexibility index (Phi) is 5.28. The minimum absolute atomic E-state index is 0. The number of para-hydroxylation sites is 1. The molecular formula is C14H16BrNO2. The summed E-state index contributed by atoms with van der Waals surface area (Å²) in [6.45, 7) is 4.49. The molecule has 96 valence electrons. The molecular weight excluding hydrogens is 294 g/mol. The zero-order valence-electron chi connectivity index (χ0n) is 10.5. The number of hydrogen-bond donors (Lipinski definition) is 0. The summed E-state index contributed by atoms with van der Waals surface area (Å²) in [7, 11) is 0. The van der Waals surface area contributed by atoms with E-state index < -0.39 is 0 Å². The van der Waals surface area contributed by atoms with Gasteiger partial charge in [-0.3, -0.25) is 0 Å². The Labute approximate surface area is 117 Å². The molecule has 2 rings (SSSR count). The molecule has 0 spiro atoms. The Morgan fingerprint density at radius 2 is 1.94 bits per heavy atom. The zero-order valence-corrected chi connectivity index (χ0v) is 12.1. The van der Waals surface area contributed by atoms with Gasteiger partial charge >= 0.3 is 5.97 Å². The van der Waals surface area contributed by atoms with Crippen molar-refractivity contribution in [2.24, 2.45) is 0 Å². The first kappa shape index (κ1) is 14.6. The largest absolute Gasteiger partial charge is 1.00 e. The van der Waals surface area contributed by atoms with Crippen LogP contribution in [-0.4, -0.2) is 12.6 Å². The number of pyridine rings is 1. The molecule has 0 saturated heterocycles. The number of nitrogens with zero attached hydrogens (tertiary/aromatic N) is 1. The van der Waals surface area contributed by atoms with E-state index in [4.69, 9.17) is 4.74 Å². The van der Waals surface area contributed by atoms with E-state index in [9.17, 15) is 4.79 Å². The van der Waals surface area contributed by atoms with Crippen molar-refractivity contribution in [2.45, 2.75) is 20.4 Å². The van der Waals surface area contributed by atoms with Crippen LogP contribution in [0.2, 0.25) is 0 Å². The minimum atomic E-state index is -0.197. The number of rotatable bonds is 3. The van der Waals surface area contributed by atoms with Gasteiger partial charge in [-0.15, -0.1) is 0 Å². The Bertz CT molecular complexity index is 554. The number of carbonyl (C=O) groups is 1. The second-order valence-electron chi connectivity index (χ2n) is 3.92. The summed E-state index contributed by atoms with van der Waals surface area (Å²) >= 11 is 0. The second kappa shape index (κ2) is 6.50. The van der Waals surface area contributed by atoms with Crippen LogP contribution in [-0.2, 0) is 16.1 Å². The maximum Gasteiger partial charge on any atom is 0.372 e. The van der Waals surface area contributed by atoms with E-state index in [0.717, 1.165) is 16.6 Å². The lowest BCUT2D eigenvalue weighted by Crippen LogP contribution is -3.00. The molecule has 3 nitrogen and oxygen atoms in total. The average Bonchev–Trinajstić information content (AvgIpc) is 2.33. The highest BCUT2D eigenvalue weighted by atomic mass is 79.9. The van der Waals surface area contributed by atoms with E-state index in [1.807, 2.05) is 48.7 Å². The SMILES string of the molecule is CCOC(=O)C[n+]1c(C)ccc2ccccc21.[Br-]. The third kappa shape index (κ3) is 3.07. The number of ether oxygens (including phenoxy) is 1. The highest BCUT2D eigenvalue weighted by Gasteiger charge is 2.16. The van der Waals surface area contributed by atoms with Crippen molar-refractivity contribution in [3.8, 4) is 0 Å². The van der Waals surface area contributed by atoms with E-state index in [2.05, 4.69) is 6.07 Å². The van der Waals surface area contributed by atoms with E-state index >= 15 is 0 Å². The van der Waals surface area contributed by atoms with E-state index in [-0.39, 0.29) is 29.5 Å². The first-order valence-corrected chi connectivity index (χ1v) is 5.76. The predicted octanol–water partition coefficient (Wildman–Crippen LogP) is -0.997. The molecule has 0 fully saturated rings. The fraction of sp³-hybridized carbons (Fsp3) is 0.286. The quantitative estimate of drug-likeness (QED) is 0.538. The van der Waals surface area contributed by atoms with E-state index in [1.54, 1.807) is 0 Å². The standard InChI is InChI=1S/C14H16NO2.BrH/c1-3-17-14(16)10-15-11(2)8-9-12-6-4-5-7-13(12)15;/h4-9H,3,10H2,1-2H3;1H/q+1;/p-1. The van der Waals surface area contributed by atoms with Crippen molar-refractivity contribution in [1.29, 1.82) is 0 Å². The molecule has 0 aliphatic rings. The third-order valence-corrected chi connectivity index (χ3v) is 2.75. The summed E-state index contributed by atoms with van der Waals surface area (Å²) in [5.41, 5.74) is 2.11. The number of halogens is 1. The van der Waals surface area contributed by atoms with Crippen LogP contribution < -0.4 is 21.5 Å². The second-order valence-corrected chi connectivity index (χ2v) is 3.92. The summed E-state index contributed by atoms with van der Waals surface area (Å²) in [6, 6.07) is 12.1. The van der Waals surface area contributed by atoms with E-state index in [1.165, 1.54) is 0 Å². The molecule has 4 heteroatoms. The first-order valence-electron chi connectivity index (χ1n) is 5.76. The van der Waals surface area contributed by atoms with Gasteiger partial charge in [0.1, 0.15) is 0 Å². The molecule has 0 radical (unpaired) electrons. The summed E-state index contributed by atoms with van der Waals surface area (Å²) in [5.74, 6) is -0.197. The Morgan fingerprint density at radius 1 is 1.22 bits per heavy atom. The van der Waals surface area contributed by atoms with Crippen LogP contribution >= 0.6 is 0 Å². The number of aromatic nitrogens is 1. The lowest BCUT2D eigenvalue weighted by Gasteiger charge is -2.04. The Morgan fingerprint density at radius 3 is 2.67 bits per heavy atom. The summed E-state index contributed by atoms with van der Waals surface area (Å²) in [5, 5.41) is 1.13. The van der Waals surface area contributed by atoms with Crippen LogP contribution in [0.5, 0.6) is 0 Å². The van der Waals surface area contributed by atoms with Gasteiger partial charge in [-0.05, 0) is 19.1 Å². The number of benzene rings is 1. The summed E-state index contributed by atoms with van der Waals surface area (Å²) < 4.78 is 6.97. The molecule has 2 aromatic rings. The van der Waals surface area contributed by atoms with E-state index in [0.29, 0.717) is 6.61 Å². The number of hydrogen-bond acceptors (Lipinski definition) is 2. The fourth-order valence-corrected chi connectivity index (χ4v) is 1.91. The molecule has 1 aromatic heterocycles. The van der Waals surface area contributed by atoms with Gasteiger partial charge in [0.2, 0.25) is 12.1 Å². The normalized spacial score (nSPS) is 9.89. The van der Waals surface area contributed by atoms with Gasteiger partial charge in [0.25, 0.3) is 0 Å². The number of fused-ring (bicyclic) bond motifs is 1. The van der Waals surface area contributed by atoms with Crippen molar-refractivity contribution in [1.82, 2.24) is 0 Å². The van der Waals surface area contributed by atoms with Gasteiger partial charge in [-0.2, -0.15) is 4.57 Å². The predicted molar refractivity (Wildman–Crippen MR) is 65.5 cm³/mol. The number of aryl methyl sites for hydroxylation is 1. The van der Waals surface area contributed by atoms with Crippen LogP contribution in [0, 0.1) is 6.92 Å². The van der Waals surface area contributed by atoms with Gasteiger partial charge in [0.05, 0.1) is 6.61 Å². The minimum Gasteiger partial charge on any atom is -1.00 e. The van der Waals surface area contributed by atoms with Crippen molar-refractivity contribution < 1.29 is 31.1 Å². The van der Waals surface area contributed by atoms with Crippen molar-refractivity contribution in [3.63, 3.8) is 0 Å². The third-order valence-electron chi connectivity index (χ3n) is 2.75. The molecule has 0 bridgehead atoms. The summed E-state index contributed by atoms with van der Waals surface area (Å²) in [4.78, 5) is 11.6. The molecule has 1 aromatic carbocycles. The lowest BCUT2D eigenvalue weighted by molar-refractivity contribution is -0.666. The van der Waals surface area contributed by atoms with Gasteiger partial charge in [0.15, 0.2) is 5.69 Å². The number of carbonyl (C=O) groups excluding carboxylic acids is 1. The fourth-order valence-electron chi connectivity index (χ4n) is 1.91. The molecule has 0 aliphatic carbocycles. The zero-order chi connectivity index (χ0) is 12.3. The molecule has 0 unspecified atom stereocenters. The average molecular weight is 310 g/mol. The Balaban J connectivity index is 0.00000162. The molecule has 18 heavy (non-hydrogen) atoms. The molecule has 0 amide bonds. The maximum absolute atomic E-state index is 11.6. The van der Waals surface area contributed by atoms with Gasteiger partial charge < -0.3 is 21.7 Å². The van der Waals surface area contributed by atoms with Crippen molar-refractivity contribution in [2.75, 3.05) is 6.61 Å². The van der Waals surface area contributed by atoms with Gasteiger partial charge in [0, 0.05) is 24.4 Å². The summed E-state index contributed by atoms with van der Waals surface area (Å²) in [6.07, 6.45) is 0. The highest BCUT2D eigenvalue weighted by Crippen LogP contribution is 2.09. The highest BCUT2D eigenvalue weighted by molar-refractivity contribution is 5.76. The monoisotopic (exact) mass is 309 g/mol. The molecule has 1 heterocycles. The first-order chi connectivity index (χ1) is 8.22. The van der Waals surface area contributed by atoms with Crippen LogP contribution in [0.4, 0.5) is 0 Å². The molecule has 0 atom stereocenters. The number of esters is 1. The van der Waals surface area contributed by atoms with Gasteiger partial charge in [-0.1, -0.05) is 12.1 Å². The van der Waals surface area contributed by atoms with Crippen LogP contribution in [0.15, 0.2) is 36.4 Å². The smallest absolute Gasteiger partial charge is 0.372 e. The maximum atomic E-state index is 11.6. The van der Waals surface area contributed by atoms with Crippen LogP contribution in [0.3, 0.4) is 0 Å². The van der Waals surface area contributed by atoms with Crippen molar-refractivity contribution in [3.05, 3.63) is 42.1 Å². The molecule has 0 N–H and O–H groups in total. The lowest BCUT2D eigenvalue weighted by atomic mass is 10.2. The van der Waals surface area contributed by atoms with Crippen LogP contribution in [0.1, 0.15) is 12.6 Å². The molecule has 0 saturated carbocycles.